The van der Waals surface area contributed by atoms with Crippen molar-refractivity contribution in [3.05, 3.63) is 0 Å². The van der Waals surface area contributed by atoms with Crippen molar-refractivity contribution in [3.8, 4) is 0 Å². The maximum absolute atomic E-state index is 11.7. The third-order valence-electron chi connectivity index (χ3n) is 3.27. The molecule has 1 amide bonds. The fourth-order valence-electron chi connectivity index (χ4n) is 1.55. The number of amides is 1. The molecule has 0 aromatic rings. The molecule has 0 aliphatic carbocycles. The zero-order valence-corrected chi connectivity index (χ0v) is 15.3. The first kappa shape index (κ1) is 20.7. The van der Waals surface area contributed by atoms with Crippen molar-refractivity contribution in [1.82, 2.24) is 15.5 Å². The summed E-state index contributed by atoms with van der Waals surface area (Å²) in [6, 6.07) is 0. The summed E-state index contributed by atoms with van der Waals surface area (Å²) in [4.78, 5) is 17.6. The van der Waals surface area contributed by atoms with Crippen LogP contribution in [0.3, 0.4) is 0 Å². The molecule has 0 atom stereocenters. The van der Waals surface area contributed by atoms with Crippen LogP contribution >= 0.6 is 0 Å². The Morgan fingerprint density at radius 2 is 1.91 bits per heavy atom. The van der Waals surface area contributed by atoms with Gasteiger partial charge in [-0.1, -0.05) is 27.7 Å². The molecule has 0 rings (SSSR count). The van der Waals surface area contributed by atoms with Gasteiger partial charge >= 0.3 is 0 Å². The van der Waals surface area contributed by atoms with E-state index in [1.807, 2.05) is 0 Å². The Labute approximate surface area is 135 Å². The van der Waals surface area contributed by atoms with Gasteiger partial charge in [0, 0.05) is 40.9 Å². The Morgan fingerprint density at radius 3 is 2.41 bits per heavy atom. The lowest BCUT2D eigenvalue weighted by Crippen LogP contribution is -2.44. The first-order valence-corrected chi connectivity index (χ1v) is 7.89. The third-order valence-corrected chi connectivity index (χ3v) is 3.27. The van der Waals surface area contributed by atoms with Crippen LogP contribution in [0.1, 0.15) is 34.1 Å². The maximum atomic E-state index is 11.7. The largest absolute Gasteiger partial charge is 0.385 e. The average Bonchev–Trinajstić information content (AvgIpc) is 2.43. The Hall–Kier alpha value is -1.30. The number of carbonyl (C=O) groups is 1. The number of nitrogens with one attached hydrogen (secondary N) is 2. The molecule has 0 aromatic carbocycles. The van der Waals surface area contributed by atoms with Gasteiger partial charge in [0.15, 0.2) is 5.96 Å². The number of nitrogens with zero attached hydrogens (tertiary/aromatic N) is 2. The van der Waals surface area contributed by atoms with Gasteiger partial charge in [-0.15, -0.1) is 0 Å². The molecule has 6 heteroatoms. The van der Waals surface area contributed by atoms with Crippen molar-refractivity contribution in [2.24, 2.45) is 16.3 Å². The van der Waals surface area contributed by atoms with E-state index in [0.717, 1.165) is 26.1 Å². The topological polar surface area (TPSA) is 66.0 Å². The summed E-state index contributed by atoms with van der Waals surface area (Å²) in [6.45, 7) is 11.1. The third kappa shape index (κ3) is 10.4. The van der Waals surface area contributed by atoms with Gasteiger partial charge in [0.1, 0.15) is 6.54 Å². The van der Waals surface area contributed by atoms with Gasteiger partial charge < -0.3 is 20.3 Å². The van der Waals surface area contributed by atoms with Crippen molar-refractivity contribution in [2.45, 2.75) is 34.1 Å². The van der Waals surface area contributed by atoms with Gasteiger partial charge in [-0.3, -0.25) is 4.79 Å². The van der Waals surface area contributed by atoms with Gasteiger partial charge in [0.2, 0.25) is 5.91 Å². The summed E-state index contributed by atoms with van der Waals surface area (Å²) < 4.78 is 5.14. The van der Waals surface area contributed by atoms with Crippen LogP contribution in [0.4, 0.5) is 0 Å². The lowest BCUT2D eigenvalue weighted by molar-refractivity contribution is -0.127. The molecule has 0 aromatic heterocycles. The predicted molar refractivity (Wildman–Crippen MR) is 92.1 cm³/mol. The van der Waals surface area contributed by atoms with Crippen LogP contribution in [0.2, 0.25) is 0 Å². The number of likely N-dealkylation sites (N-methyl/N-ethyl adjacent to an activating group) is 1. The lowest BCUT2D eigenvalue weighted by Gasteiger charge is -2.26. The van der Waals surface area contributed by atoms with Crippen molar-refractivity contribution in [3.63, 3.8) is 0 Å². The second kappa shape index (κ2) is 10.4. The minimum absolute atomic E-state index is 0.00992. The molecule has 0 saturated carbocycles. The van der Waals surface area contributed by atoms with Crippen LogP contribution < -0.4 is 10.6 Å². The smallest absolute Gasteiger partial charge is 0.243 e. The number of hydrogen-bond acceptors (Lipinski definition) is 3. The highest BCUT2D eigenvalue weighted by molar-refractivity contribution is 5.84. The molecular formula is C16H34N4O2. The number of ether oxygens (including phenoxy) is 1. The maximum Gasteiger partial charge on any atom is 0.243 e. The van der Waals surface area contributed by atoms with E-state index in [-0.39, 0.29) is 17.9 Å². The van der Waals surface area contributed by atoms with E-state index in [1.54, 1.807) is 26.1 Å². The molecule has 0 aliphatic heterocycles. The zero-order chi connectivity index (χ0) is 17.2. The molecule has 0 radical (unpaired) electrons. The Morgan fingerprint density at radius 1 is 1.27 bits per heavy atom. The molecule has 0 spiro atoms. The van der Waals surface area contributed by atoms with E-state index in [4.69, 9.17) is 4.74 Å². The summed E-state index contributed by atoms with van der Waals surface area (Å²) >= 11 is 0. The molecule has 22 heavy (non-hydrogen) atoms. The minimum Gasteiger partial charge on any atom is -0.385 e. The van der Waals surface area contributed by atoms with E-state index < -0.39 is 0 Å². The van der Waals surface area contributed by atoms with E-state index in [2.05, 4.69) is 43.3 Å². The minimum atomic E-state index is -0.00992. The molecule has 6 nitrogen and oxygen atoms in total. The average molecular weight is 314 g/mol. The van der Waals surface area contributed by atoms with Crippen molar-refractivity contribution >= 4 is 11.9 Å². The molecule has 0 fully saturated rings. The number of hydrogen-bond donors (Lipinski definition) is 2. The zero-order valence-electron chi connectivity index (χ0n) is 15.3. The molecular weight excluding hydrogens is 280 g/mol. The van der Waals surface area contributed by atoms with Crippen molar-refractivity contribution < 1.29 is 9.53 Å². The van der Waals surface area contributed by atoms with Crippen molar-refractivity contribution in [1.29, 1.82) is 0 Å². The summed E-state index contributed by atoms with van der Waals surface area (Å²) in [5.41, 5.74) is 0.0991. The number of carbonyl (C=O) groups excluding carboxylic acids is 1. The molecule has 130 valence electrons. The second-order valence-corrected chi connectivity index (χ2v) is 6.99. The molecule has 0 aliphatic rings. The van der Waals surface area contributed by atoms with Crippen LogP contribution in [-0.4, -0.2) is 64.2 Å². The Kier molecular flexibility index (Phi) is 9.81. The van der Waals surface area contributed by atoms with E-state index in [1.165, 1.54) is 0 Å². The fraction of sp³-hybridized carbons (Fsp3) is 0.875. The van der Waals surface area contributed by atoms with Crippen LogP contribution in [0, 0.1) is 11.3 Å². The van der Waals surface area contributed by atoms with E-state index in [0.29, 0.717) is 11.9 Å². The van der Waals surface area contributed by atoms with Crippen LogP contribution in [0.25, 0.3) is 0 Å². The number of rotatable bonds is 9. The lowest BCUT2D eigenvalue weighted by atomic mass is 9.90. The number of guanidine groups is 1. The summed E-state index contributed by atoms with van der Waals surface area (Å²) in [5, 5.41) is 6.61. The molecule has 0 heterocycles. The van der Waals surface area contributed by atoms with Crippen LogP contribution in [0.5, 0.6) is 0 Å². The van der Waals surface area contributed by atoms with Crippen LogP contribution in [-0.2, 0) is 9.53 Å². The fourth-order valence-corrected chi connectivity index (χ4v) is 1.55. The highest BCUT2D eigenvalue weighted by Crippen LogP contribution is 2.18. The molecule has 2 N–H and O–H groups in total. The quantitative estimate of drug-likeness (QED) is 0.498. The second-order valence-electron chi connectivity index (χ2n) is 6.99. The van der Waals surface area contributed by atoms with Gasteiger partial charge in [-0.2, -0.15) is 0 Å². The summed E-state index contributed by atoms with van der Waals surface area (Å²) in [5.74, 6) is 1.19. The van der Waals surface area contributed by atoms with Gasteiger partial charge in [-0.05, 0) is 17.8 Å². The first-order chi connectivity index (χ1) is 10.2. The molecule has 0 saturated heterocycles. The van der Waals surface area contributed by atoms with Crippen LogP contribution in [0.15, 0.2) is 4.99 Å². The molecule has 0 bridgehead atoms. The molecule has 0 unspecified atom stereocenters. The van der Waals surface area contributed by atoms with Crippen molar-refractivity contribution in [2.75, 3.05) is 47.4 Å². The van der Waals surface area contributed by atoms with Gasteiger partial charge in [-0.25, -0.2) is 4.99 Å². The monoisotopic (exact) mass is 314 g/mol. The normalized spacial score (nSPS) is 12.5. The van der Waals surface area contributed by atoms with Gasteiger partial charge in [0.05, 0.1) is 0 Å². The highest BCUT2D eigenvalue weighted by Gasteiger charge is 2.18. The van der Waals surface area contributed by atoms with E-state index >= 15 is 0 Å². The highest BCUT2D eigenvalue weighted by atomic mass is 16.5. The first-order valence-electron chi connectivity index (χ1n) is 7.89. The number of aliphatic imine (C=N–C) groups is 1. The predicted octanol–water partition coefficient (Wildman–Crippen LogP) is 1.33. The summed E-state index contributed by atoms with van der Waals surface area (Å²) in [6.07, 6.45) is 0.963. The number of methoxy groups -OCH3 is 1. The SMILES string of the molecule is COCCC(C)(C)CNC(=NCC(=O)N(C)C)NCC(C)C. The summed E-state index contributed by atoms with van der Waals surface area (Å²) in [7, 11) is 5.19. The Bertz CT molecular complexity index is 352. The standard InChI is InChI=1S/C16H34N4O2/c1-13(2)10-17-15(18-11-14(21)20(5)6)19-12-16(3,4)8-9-22-7/h13H,8-12H2,1-7H3,(H2,17,18,19). The van der Waals surface area contributed by atoms with Gasteiger partial charge in [0.25, 0.3) is 0 Å². The Balaban J connectivity index is 4.58. The van der Waals surface area contributed by atoms with E-state index in [9.17, 15) is 4.79 Å².